The smallest absolute Gasteiger partial charge is 0.416 e. The van der Waals surface area contributed by atoms with E-state index in [1.54, 1.807) is 6.07 Å². The van der Waals surface area contributed by atoms with Gasteiger partial charge in [-0.15, -0.1) is 11.3 Å². The summed E-state index contributed by atoms with van der Waals surface area (Å²) in [6.07, 6.45) is 0.108. The molecule has 0 fully saturated rings. The number of nitriles is 1. The molecule has 0 saturated carbocycles. The second-order valence-electron chi connectivity index (χ2n) is 7.81. The summed E-state index contributed by atoms with van der Waals surface area (Å²) in [4.78, 5) is 26.2. The predicted octanol–water partition coefficient (Wildman–Crippen LogP) is 6.24. The topological polar surface area (TPSA) is 92.3 Å². The first-order valence-electron chi connectivity index (χ1n) is 10.6. The number of rotatable bonds is 5. The van der Waals surface area contributed by atoms with Crippen molar-refractivity contribution in [2.45, 2.75) is 31.9 Å². The number of halogens is 3. The second-order valence-corrected chi connectivity index (χ2v) is 8.92. The molecule has 0 bridgehead atoms. The summed E-state index contributed by atoms with van der Waals surface area (Å²) in [5.74, 6) is -1.03. The molecule has 1 N–H and O–H groups in total. The van der Waals surface area contributed by atoms with Crippen LogP contribution in [0.2, 0.25) is 0 Å². The molecular weight excluding hydrogens is 481 g/mol. The standard InChI is InChI=1S/C25H19F3N2O4S/c1-33-24(32)21-18-7-2-3-8-20(18)35-23(21)30-22(31)15(13-29)12-17-9-10-19(34-17)14-5-4-6-16(11-14)25(26,27)28/h4-6,9-12H,2-3,7-8H2,1H3,(H,30,31)/b15-12+. The molecule has 6 nitrogen and oxygen atoms in total. The van der Waals surface area contributed by atoms with Crippen LogP contribution in [0.4, 0.5) is 18.2 Å². The molecule has 0 aliphatic heterocycles. The fraction of sp³-hybridized carbons (Fsp3) is 0.240. The summed E-state index contributed by atoms with van der Waals surface area (Å²) >= 11 is 1.29. The van der Waals surface area contributed by atoms with Crippen LogP contribution in [0.3, 0.4) is 0 Å². The fourth-order valence-corrected chi connectivity index (χ4v) is 5.14. The van der Waals surface area contributed by atoms with Crippen molar-refractivity contribution in [2.24, 2.45) is 0 Å². The van der Waals surface area contributed by atoms with Gasteiger partial charge in [0.1, 0.15) is 28.2 Å². The number of ether oxygens (including phenoxy) is 1. The monoisotopic (exact) mass is 500 g/mol. The van der Waals surface area contributed by atoms with Crippen molar-refractivity contribution in [2.75, 3.05) is 12.4 Å². The average Bonchev–Trinajstić information content (AvgIpc) is 3.46. The summed E-state index contributed by atoms with van der Waals surface area (Å²) in [7, 11) is 1.26. The highest BCUT2D eigenvalue weighted by molar-refractivity contribution is 7.17. The third kappa shape index (κ3) is 5.15. The Bertz CT molecular complexity index is 1360. The quantitative estimate of drug-likeness (QED) is 0.254. The van der Waals surface area contributed by atoms with Gasteiger partial charge in [-0.2, -0.15) is 18.4 Å². The molecule has 0 unspecified atom stereocenters. The number of anilines is 1. The Labute approximate surface area is 202 Å². The molecule has 0 spiro atoms. The first-order valence-corrected chi connectivity index (χ1v) is 11.5. The highest BCUT2D eigenvalue weighted by atomic mass is 32.1. The third-order valence-corrected chi connectivity index (χ3v) is 6.75. The average molecular weight is 500 g/mol. The van der Waals surface area contributed by atoms with Crippen LogP contribution in [0, 0.1) is 11.3 Å². The van der Waals surface area contributed by atoms with Crippen molar-refractivity contribution >= 4 is 34.3 Å². The van der Waals surface area contributed by atoms with Gasteiger partial charge < -0.3 is 14.5 Å². The summed E-state index contributed by atoms with van der Waals surface area (Å²) in [5.41, 5.74) is 0.261. The van der Waals surface area contributed by atoms with Crippen LogP contribution in [-0.2, 0) is 28.5 Å². The molecule has 1 aliphatic rings. The van der Waals surface area contributed by atoms with Crippen molar-refractivity contribution in [3.63, 3.8) is 0 Å². The highest BCUT2D eigenvalue weighted by Crippen LogP contribution is 2.39. The van der Waals surface area contributed by atoms with Crippen LogP contribution >= 0.6 is 11.3 Å². The Morgan fingerprint density at radius 3 is 2.69 bits per heavy atom. The molecule has 3 aromatic rings. The number of hydrogen-bond acceptors (Lipinski definition) is 6. The number of amides is 1. The lowest BCUT2D eigenvalue weighted by Crippen LogP contribution is -2.16. The van der Waals surface area contributed by atoms with E-state index in [4.69, 9.17) is 9.15 Å². The number of esters is 1. The van der Waals surface area contributed by atoms with Crippen molar-refractivity contribution < 1.29 is 31.9 Å². The number of alkyl halides is 3. The van der Waals surface area contributed by atoms with E-state index in [2.05, 4.69) is 5.32 Å². The zero-order chi connectivity index (χ0) is 25.2. The maximum absolute atomic E-state index is 13.0. The summed E-state index contributed by atoms with van der Waals surface area (Å²) in [6.45, 7) is 0. The number of nitrogens with one attached hydrogen (secondary N) is 1. The second kappa shape index (κ2) is 9.80. The van der Waals surface area contributed by atoms with Gasteiger partial charge in [0.2, 0.25) is 0 Å². The molecule has 180 valence electrons. The van der Waals surface area contributed by atoms with Crippen LogP contribution in [0.15, 0.2) is 46.4 Å². The van der Waals surface area contributed by atoms with Crippen molar-refractivity contribution in [1.29, 1.82) is 5.26 Å². The summed E-state index contributed by atoms with van der Waals surface area (Å²) < 4.78 is 49.5. The minimum absolute atomic E-state index is 0.114. The lowest BCUT2D eigenvalue weighted by Gasteiger charge is -2.11. The van der Waals surface area contributed by atoms with Crippen LogP contribution in [0.1, 0.15) is 45.0 Å². The maximum Gasteiger partial charge on any atom is 0.416 e. The Balaban J connectivity index is 1.59. The van der Waals surface area contributed by atoms with Gasteiger partial charge in [0, 0.05) is 16.5 Å². The minimum Gasteiger partial charge on any atom is -0.465 e. The van der Waals surface area contributed by atoms with E-state index in [1.165, 1.54) is 48.8 Å². The highest BCUT2D eigenvalue weighted by Gasteiger charge is 2.31. The lowest BCUT2D eigenvalue weighted by molar-refractivity contribution is -0.137. The van der Waals surface area contributed by atoms with Crippen molar-refractivity contribution in [3.8, 4) is 17.4 Å². The number of methoxy groups -OCH3 is 1. The minimum atomic E-state index is -4.50. The molecule has 1 aromatic carbocycles. The molecule has 0 radical (unpaired) electrons. The molecule has 1 aliphatic carbocycles. The normalized spacial score (nSPS) is 13.6. The van der Waals surface area contributed by atoms with Gasteiger partial charge in [-0.1, -0.05) is 12.1 Å². The lowest BCUT2D eigenvalue weighted by atomic mass is 9.95. The van der Waals surface area contributed by atoms with Gasteiger partial charge >= 0.3 is 12.1 Å². The Morgan fingerprint density at radius 1 is 1.20 bits per heavy atom. The van der Waals surface area contributed by atoms with E-state index in [0.717, 1.165) is 41.8 Å². The molecule has 4 rings (SSSR count). The van der Waals surface area contributed by atoms with Gasteiger partial charge in [-0.3, -0.25) is 4.79 Å². The van der Waals surface area contributed by atoms with Gasteiger partial charge in [0.15, 0.2) is 0 Å². The van der Waals surface area contributed by atoms with Crippen LogP contribution in [0.5, 0.6) is 0 Å². The van der Waals surface area contributed by atoms with E-state index in [1.807, 2.05) is 0 Å². The zero-order valence-corrected chi connectivity index (χ0v) is 19.3. The predicted molar refractivity (Wildman–Crippen MR) is 124 cm³/mol. The Kier molecular flexibility index (Phi) is 6.80. The molecule has 10 heteroatoms. The van der Waals surface area contributed by atoms with Crippen molar-refractivity contribution in [1.82, 2.24) is 0 Å². The van der Waals surface area contributed by atoms with E-state index < -0.39 is 23.6 Å². The number of carbonyl (C=O) groups excluding carboxylic acids is 2. The third-order valence-electron chi connectivity index (χ3n) is 5.54. The van der Waals surface area contributed by atoms with E-state index >= 15 is 0 Å². The summed E-state index contributed by atoms with van der Waals surface area (Å²) in [6, 6.07) is 9.35. The van der Waals surface area contributed by atoms with E-state index in [9.17, 15) is 28.0 Å². The molecule has 0 saturated heterocycles. The van der Waals surface area contributed by atoms with Gasteiger partial charge in [0.25, 0.3) is 5.91 Å². The number of benzene rings is 1. The largest absolute Gasteiger partial charge is 0.465 e. The van der Waals surface area contributed by atoms with Gasteiger partial charge in [-0.05, 0) is 55.5 Å². The number of furan rings is 1. The molecule has 35 heavy (non-hydrogen) atoms. The van der Waals surface area contributed by atoms with Crippen LogP contribution in [-0.4, -0.2) is 19.0 Å². The number of hydrogen-bond donors (Lipinski definition) is 1. The number of aryl methyl sites for hydroxylation is 1. The molecule has 2 heterocycles. The Morgan fingerprint density at radius 2 is 1.97 bits per heavy atom. The maximum atomic E-state index is 13.0. The van der Waals surface area contributed by atoms with E-state index in [-0.39, 0.29) is 22.7 Å². The number of carbonyl (C=O) groups is 2. The number of thiophene rings is 1. The Hall–Kier alpha value is -3.84. The van der Waals surface area contributed by atoms with Gasteiger partial charge in [-0.25, -0.2) is 4.79 Å². The first-order chi connectivity index (χ1) is 16.7. The molecular formula is C25H19F3N2O4S. The zero-order valence-electron chi connectivity index (χ0n) is 18.5. The molecule has 1 amide bonds. The van der Waals surface area contributed by atoms with Gasteiger partial charge in [0.05, 0.1) is 18.2 Å². The van der Waals surface area contributed by atoms with Crippen molar-refractivity contribution in [3.05, 3.63) is 69.3 Å². The SMILES string of the molecule is COC(=O)c1c(NC(=O)/C(C#N)=C/c2ccc(-c3cccc(C(F)(F)F)c3)o2)sc2c1CCCC2. The van der Waals surface area contributed by atoms with E-state index in [0.29, 0.717) is 17.0 Å². The number of nitrogens with zero attached hydrogens (tertiary/aromatic N) is 1. The molecule has 0 atom stereocenters. The molecule has 2 aromatic heterocycles. The number of fused-ring (bicyclic) bond motifs is 1. The summed E-state index contributed by atoms with van der Waals surface area (Å²) in [5, 5.41) is 12.5. The fourth-order valence-electron chi connectivity index (χ4n) is 3.87. The van der Waals surface area contributed by atoms with Crippen LogP contribution < -0.4 is 5.32 Å². The first kappa shape index (κ1) is 24.3. The van der Waals surface area contributed by atoms with Crippen LogP contribution in [0.25, 0.3) is 17.4 Å².